The number of nitrogens with one attached hydrogen (secondary N) is 1. The van der Waals surface area contributed by atoms with E-state index in [9.17, 15) is 0 Å². The minimum Gasteiger partial charge on any atom is -0.494 e. The van der Waals surface area contributed by atoms with Crippen molar-refractivity contribution in [2.45, 2.75) is 46.2 Å². The van der Waals surface area contributed by atoms with Gasteiger partial charge in [-0.1, -0.05) is 26.0 Å². The van der Waals surface area contributed by atoms with E-state index < -0.39 is 0 Å². The van der Waals surface area contributed by atoms with Crippen molar-refractivity contribution >= 4 is 0 Å². The normalized spacial score (nSPS) is 24.2. The number of likely N-dealkylation sites (N-methyl/N-ethyl adjacent to an activating group) is 1. The first kappa shape index (κ1) is 16.3. The van der Waals surface area contributed by atoms with Gasteiger partial charge in [0, 0.05) is 25.2 Å². The van der Waals surface area contributed by atoms with Crippen LogP contribution in [0.25, 0.3) is 0 Å². The molecule has 1 aromatic rings. The van der Waals surface area contributed by atoms with Crippen molar-refractivity contribution in [2.75, 3.05) is 26.2 Å². The maximum atomic E-state index is 5.53. The lowest BCUT2D eigenvalue weighted by atomic mass is 10.1. The zero-order valence-electron chi connectivity index (χ0n) is 13.9. The number of hydrogen-bond acceptors (Lipinski definition) is 3. The average Bonchev–Trinajstić information content (AvgIpc) is 2.78. The monoisotopic (exact) mass is 290 g/mol. The highest BCUT2D eigenvalue weighted by Gasteiger charge is 2.28. The highest BCUT2D eigenvalue weighted by molar-refractivity contribution is 5.29. The first-order valence-corrected chi connectivity index (χ1v) is 8.34. The number of rotatable bonds is 7. The predicted octanol–water partition coefficient (Wildman–Crippen LogP) is 3.47. The standard InChI is InChI=1S/C18H30N2O/c1-5-19-18(13-20-12-14(3)11-15(20)4)16-7-9-17(10-8-16)21-6-2/h7-10,14-15,18-19H,5-6,11-13H2,1-4H3. The fourth-order valence-corrected chi connectivity index (χ4v) is 3.37. The molecule has 1 aliphatic rings. The van der Waals surface area contributed by atoms with Gasteiger partial charge in [-0.05, 0) is 50.4 Å². The maximum Gasteiger partial charge on any atom is 0.119 e. The third-order valence-corrected chi connectivity index (χ3v) is 4.37. The number of hydrogen-bond donors (Lipinski definition) is 1. The number of nitrogens with zero attached hydrogens (tertiary/aromatic N) is 1. The van der Waals surface area contributed by atoms with E-state index in [4.69, 9.17) is 4.74 Å². The van der Waals surface area contributed by atoms with Gasteiger partial charge in [-0.15, -0.1) is 0 Å². The van der Waals surface area contributed by atoms with Crippen LogP contribution in [0.2, 0.25) is 0 Å². The van der Waals surface area contributed by atoms with Crippen LogP contribution in [0.5, 0.6) is 5.75 Å². The van der Waals surface area contributed by atoms with Crippen LogP contribution < -0.4 is 10.1 Å². The molecule has 3 atom stereocenters. The molecule has 0 aromatic heterocycles. The SMILES string of the molecule is CCNC(CN1CC(C)CC1C)c1ccc(OCC)cc1. The van der Waals surface area contributed by atoms with Crippen LogP contribution in [0.4, 0.5) is 0 Å². The van der Waals surface area contributed by atoms with Gasteiger partial charge < -0.3 is 10.1 Å². The molecule has 1 N–H and O–H groups in total. The fourth-order valence-electron chi connectivity index (χ4n) is 3.37. The van der Waals surface area contributed by atoms with E-state index >= 15 is 0 Å². The van der Waals surface area contributed by atoms with Crippen LogP contribution in [-0.2, 0) is 0 Å². The first-order chi connectivity index (χ1) is 10.1. The molecule has 0 bridgehead atoms. The molecule has 21 heavy (non-hydrogen) atoms. The fraction of sp³-hybridized carbons (Fsp3) is 0.667. The Balaban J connectivity index is 2.03. The zero-order valence-corrected chi connectivity index (χ0v) is 13.9. The molecule has 0 aliphatic carbocycles. The van der Waals surface area contributed by atoms with Crippen LogP contribution in [0, 0.1) is 5.92 Å². The van der Waals surface area contributed by atoms with E-state index in [1.54, 1.807) is 0 Å². The topological polar surface area (TPSA) is 24.5 Å². The van der Waals surface area contributed by atoms with Crippen LogP contribution in [-0.4, -0.2) is 37.2 Å². The van der Waals surface area contributed by atoms with Crippen LogP contribution in [0.15, 0.2) is 24.3 Å². The second kappa shape index (κ2) is 7.81. The minimum atomic E-state index is 0.401. The van der Waals surface area contributed by atoms with Crippen molar-refractivity contribution in [3.63, 3.8) is 0 Å². The van der Waals surface area contributed by atoms with Crippen LogP contribution in [0.3, 0.4) is 0 Å². The Morgan fingerprint density at radius 2 is 1.95 bits per heavy atom. The highest BCUT2D eigenvalue weighted by atomic mass is 16.5. The second-order valence-corrected chi connectivity index (χ2v) is 6.26. The molecule has 0 spiro atoms. The number of ether oxygens (including phenoxy) is 1. The molecular formula is C18H30N2O. The molecule has 118 valence electrons. The molecule has 1 saturated heterocycles. The van der Waals surface area contributed by atoms with Gasteiger partial charge in [-0.25, -0.2) is 0 Å². The van der Waals surface area contributed by atoms with Crippen molar-refractivity contribution in [2.24, 2.45) is 5.92 Å². The summed E-state index contributed by atoms with van der Waals surface area (Å²) >= 11 is 0. The summed E-state index contributed by atoms with van der Waals surface area (Å²) in [6.45, 7) is 12.9. The van der Waals surface area contributed by atoms with E-state index in [1.165, 1.54) is 18.5 Å². The molecule has 1 aromatic carbocycles. The van der Waals surface area contributed by atoms with Crippen molar-refractivity contribution in [3.8, 4) is 5.75 Å². The summed E-state index contributed by atoms with van der Waals surface area (Å²) in [6, 6.07) is 9.66. The van der Waals surface area contributed by atoms with Gasteiger partial charge in [0.1, 0.15) is 5.75 Å². The summed E-state index contributed by atoms with van der Waals surface area (Å²) < 4.78 is 5.53. The lowest BCUT2D eigenvalue weighted by Gasteiger charge is -2.28. The predicted molar refractivity (Wildman–Crippen MR) is 88.8 cm³/mol. The van der Waals surface area contributed by atoms with Crippen LogP contribution in [0.1, 0.15) is 45.7 Å². The quantitative estimate of drug-likeness (QED) is 0.832. The Bertz CT molecular complexity index is 418. The van der Waals surface area contributed by atoms with Gasteiger partial charge in [-0.3, -0.25) is 4.90 Å². The van der Waals surface area contributed by atoms with Crippen LogP contribution >= 0.6 is 0 Å². The molecule has 1 fully saturated rings. The van der Waals surface area contributed by atoms with E-state index in [-0.39, 0.29) is 0 Å². The summed E-state index contributed by atoms with van der Waals surface area (Å²) in [5.41, 5.74) is 1.35. The second-order valence-electron chi connectivity index (χ2n) is 6.26. The van der Waals surface area contributed by atoms with Gasteiger partial charge in [0.25, 0.3) is 0 Å². The van der Waals surface area contributed by atoms with Gasteiger partial charge >= 0.3 is 0 Å². The molecule has 1 heterocycles. The summed E-state index contributed by atoms with van der Waals surface area (Å²) in [6.07, 6.45) is 1.32. The Morgan fingerprint density at radius 1 is 1.24 bits per heavy atom. The van der Waals surface area contributed by atoms with Crippen molar-refractivity contribution in [3.05, 3.63) is 29.8 Å². The Kier molecular flexibility index (Phi) is 6.07. The highest BCUT2D eigenvalue weighted by Crippen LogP contribution is 2.26. The average molecular weight is 290 g/mol. The minimum absolute atomic E-state index is 0.401. The Labute approximate surface area is 129 Å². The van der Waals surface area contributed by atoms with Gasteiger partial charge in [0.05, 0.1) is 6.61 Å². The third-order valence-electron chi connectivity index (χ3n) is 4.37. The smallest absolute Gasteiger partial charge is 0.119 e. The molecule has 3 heteroatoms. The summed E-state index contributed by atoms with van der Waals surface area (Å²) in [5, 5.41) is 3.63. The molecule has 3 unspecified atom stereocenters. The Morgan fingerprint density at radius 3 is 2.48 bits per heavy atom. The molecule has 3 nitrogen and oxygen atoms in total. The lowest BCUT2D eigenvalue weighted by molar-refractivity contribution is 0.235. The molecule has 1 aliphatic heterocycles. The summed E-state index contributed by atoms with van der Waals surface area (Å²) in [7, 11) is 0. The van der Waals surface area contributed by atoms with Gasteiger partial charge in [0.15, 0.2) is 0 Å². The van der Waals surface area contributed by atoms with E-state index in [1.807, 2.05) is 6.92 Å². The summed E-state index contributed by atoms with van der Waals surface area (Å²) in [5.74, 6) is 1.78. The molecule has 0 saturated carbocycles. The van der Waals surface area contributed by atoms with Gasteiger partial charge in [-0.2, -0.15) is 0 Å². The lowest BCUT2D eigenvalue weighted by Crippen LogP contribution is -2.37. The van der Waals surface area contributed by atoms with Gasteiger partial charge in [0.2, 0.25) is 0 Å². The molecule has 0 amide bonds. The molecule has 2 rings (SSSR count). The van der Waals surface area contributed by atoms with Crippen molar-refractivity contribution in [1.82, 2.24) is 10.2 Å². The third kappa shape index (κ3) is 4.45. The first-order valence-electron chi connectivity index (χ1n) is 8.34. The number of benzene rings is 1. The molecule has 0 radical (unpaired) electrons. The largest absolute Gasteiger partial charge is 0.494 e. The van der Waals surface area contributed by atoms with E-state index in [2.05, 4.69) is 55.3 Å². The molecular weight excluding hydrogens is 260 g/mol. The summed E-state index contributed by atoms with van der Waals surface area (Å²) in [4.78, 5) is 2.62. The maximum absolute atomic E-state index is 5.53. The number of likely N-dealkylation sites (tertiary alicyclic amines) is 1. The zero-order chi connectivity index (χ0) is 15.2. The van der Waals surface area contributed by atoms with Crippen molar-refractivity contribution < 1.29 is 4.74 Å². The van der Waals surface area contributed by atoms with E-state index in [0.29, 0.717) is 12.1 Å². The Hall–Kier alpha value is -1.06. The van der Waals surface area contributed by atoms with Crippen molar-refractivity contribution in [1.29, 1.82) is 0 Å². The van der Waals surface area contributed by atoms with E-state index in [0.717, 1.165) is 31.4 Å².